The van der Waals surface area contributed by atoms with Gasteiger partial charge >= 0.3 is 0 Å². The molecular weight excluding hydrogens is 238 g/mol. The van der Waals surface area contributed by atoms with Gasteiger partial charge in [-0.25, -0.2) is 0 Å². The summed E-state index contributed by atoms with van der Waals surface area (Å²) in [7, 11) is 3.48. The smallest absolute Gasteiger partial charge is 0.258 e. The van der Waals surface area contributed by atoms with Gasteiger partial charge in [0, 0.05) is 25.9 Å². The molecule has 19 heavy (non-hydrogen) atoms. The molecule has 1 aromatic heterocycles. The van der Waals surface area contributed by atoms with Crippen LogP contribution in [-0.4, -0.2) is 34.2 Å². The van der Waals surface area contributed by atoms with Crippen LogP contribution in [0.5, 0.6) is 0 Å². The predicted molar refractivity (Wildman–Crippen MR) is 74.4 cm³/mol. The zero-order valence-electron chi connectivity index (χ0n) is 11.0. The van der Waals surface area contributed by atoms with E-state index in [2.05, 4.69) is 11.0 Å². The van der Waals surface area contributed by atoms with Gasteiger partial charge in [0.2, 0.25) is 0 Å². The van der Waals surface area contributed by atoms with Crippen molar-refractivity contribution in [3.05, 3.63) is 42.1 Å². The van der Waals surface area contributed by atoms with E-state index >= 15 is 0 Å². The Labute approximate surface area is 112 Å². The molecule has 0 spiro atoms. The van der Waals surface area contributed by atoms with Crippen molar-refractivity contribution in [2.75, 3.05) is 13.6 Å². The molecule has 2 rings (SSSR count). The summed E-state index contributed by atoms with van der Waals surface area (Å²) in [6.45, 7) is 0.280. The molecule has 0 aliphatic rings. The second-order valence-electron chi connectivity index (χ2n) is 4.30. The highest BCUT2D eigenvalue weighted by atomic mass is 16.2. The van der Waals surface area contributed by atoms with E-state index in [1.54, 1.807) is 25.0 Å². The lowest BCUT2D eigenvalue weighted by Gasteiger charge is -2.13. The minimum atomic E-state index is -0.120. The minimum Gasteiger partial charge on any atom is -0.330 e. The molecule has 1 amide bonds. The van der Waals surface area contributed by atoms with Crippen LogP contribution >= 0.6 is 0 Å². The first kappa shape index (κ1) is 12.9. The quantitative estimate of drug-likeness (QED) is 0.782. The molecular formula is C15H15N3O. The van der Waals surface area contributed by atoms with Gasteiger partial charge in [0.1, 0.15) is 5.69 Å². The topological polar surface area (TPSA) is 38.1 Å². The standard InChI is InChI=1S/C15H15N3O/c1-4-10-17(2)15(19)13-11-18(3)16-14(13)12-8-6-5-7-9-12/h1,5-9,11H,10H2,2-3H3. The Kier molecular flexibility index (Phi) is 3.67. The van der Waals surface area contributed by atoms with Gasteiger partial charge < -0.3 is 4.90 Å². The third-order valence-corrected chi connectivity index (χ3v) is 2.78. The maximum Gasteiger partial charge on any atom is 0.258 e. The molecule has 2 aromatic rings. The number of amides is 1. The largest absolute Gasteiger partial charge is 0.330 e. The lowest BCUT2D eigenvalue weighted by Crippen LogP contribution is -2.27. The zero-order chi connectivity index (χ0) is 13.8. The Hall–Kier alpha value is -2.54. The van der Waals surface area contributed by atoms with E-state index in [0.717, 1.165) is 5.56 Å². The molecule has 4 nitrogen and oxygen atoms in total. The molecule has 0 N–H and O–H groups in total. The summed E-state index contributed by atoms with van der Waals surface area (Å²) in [5.41, 5.74) is 2.16. The number of hydrogen-bond acceptors (Lipinski definition) is 2. The Morgan fingerprint density at radius 3 is 2.74 bits per heavy atom. The van der Waals surface area contributed by atoms with Gasteiger partial charge in [0.05, 0.1) is 12.1 Å². The van der Waals surface area contributed by atoms with Gasteiger partial charge in [-0.2, -0.15) is 5.10 Å². The maximum atomic E-state index is 12.3. The van der Waals surface area contributed by atoms with Crippen molar-refractivity contribution in [3.63, 3.8) is 0 Å². The minimum absolute atomic E-state index is 0.120. The summed E-state index contributed by atoms with van der Waals surface area (Å²) in [6, 6.07) is 9.63. The second-order valence-corrected chi connectivity index (χ2v) is 4.30. The third kappa shape index (κ3) is 2.66. The van der Waals surface area contributed by atoms with E-state index in [1.807, 2.05) is 30.3 Å². The van der Waals surface area contributed by atoms with Crippen LogP contribution < -0.4 is 0 Å². The summed E-state index contributed by atoms with van der Waals surface area (Å²) in [5.74, 6) is 2.34. The summed E-state index contributed by atoms with van der Waals surface area (Å²) in [5, 5.41) is 4.36. The van der Waals surface area contributed by atoms with Crippen LogP contribution in [0.2, 0.25) is 0 Å². The molecule has 4 heteroatoms. The molecule has 0 saturated carbocycles. The molecule has 0 bridgehead atoms. The Bertz CT molecular complexity index is 623. The second kappa shape index (κ2) is 5.40. The number of nitrogens with zero attached hydrogens (tertiary/aromatic N) is 3. The summed E-state index contributed by atoms with van der Waals surface area (Å²) >= 11 is 0. The van der Waals surface area contributed by atoms with E-state index in [4.69, 9.17) is 6.42 Å². The van der Waals surface area contributed by atoms with Crippen molar-refractivity contribution in [3.8, 4) is 23.6 Å². The maximum absolute atomic E-state index is 12.3. The van der Waals surface area contributed by atoms with Gasteiger partial charge in [-0.1, -0.05) is 36.3 Å². The van der Waals surface area contributed by atoms with Crippen LogP contribution in [-0.2, 0) is 7.05 Å². The number of rotatable bonds is 3. The van der Waals surface area contributed by atoms with Crippen LogP contribution in [0.3, 0.4) is 0 Å². The van der Waals surface area contributed by atoms with E-state index in [1.165, 1.54) is 4.90 Å². The lowest BCUT2D eigenvalue weighted by molar-refractivity contribution is 0.0813. The van der Waals surface area contributed by atoms with Gasteiger partial charge in [-0.15, -0.1) is 6.42 Å². The van der Waals surface area contributed by atoms with Gasteiger partial charge in [0.15, 0.2) is 0 Å². The first-order chi connectivity index (χ1) is 9.13. The van der Waals surface area contributed by atoms with Crippen LogP contribution in [0.25, 0.3) is 11.3 Å². The van der Waals surface area contributed by atoms with Crippen molar-refractivity contribution in [2.45, 2.75) is 0 Å². The zero-order valence-corrected chi connectivity index (χ0v) is 11.0. The first-order valence-corrected chi connectivity index (χ1v) is 5.91. The van der Waals surface area contributed by atoms with Crippen molar-refractivity contribution in [1.82, 2.24) is 14.7 Å². The fourth-order valence-electron chi connectivity index (χ4n) is 1.87. The van der Waals surface area contributed by atoms with Crippen LogP contribution in [0.15, 0.2) is 36.5 Å². The van der Waals surface area contributed by atoms with Crippen molar-refractivity contribution in [2.24, 2.45) is 7.05 Å². The molecule has 0 fully saturated rings. The molecule has 0 aliphatic carbocycles. The Morgan fingerprint density at radius 1 is 1.42 bits per heavy atom. The molecule has 0 saturated heterocycles. The Balaban J connectivity index is 2.43. The SMILES string of the molecule is C#CCN(C)C(=O)c1cn(C)nc1-c1ccccc1. The first-order valence-electron chi connectivity index (χ1n) is 5.91. The van der Waals surface area contributed by atoms with Gasteiger partial charge in [-0.05, 0) is 0 Å². The van der Waals surface area contributed by atoms with Gasteiger partial charge in [-0.3, -0.25) is 9.48 Å². The summed E-state index contributed by atoms with van der Waals surface area (Å²) in [6.07, 6.45) is 6.95. The number of terminal acetylenes is 1. The van der Waals surface area contributed by atoms with Crippen molar-refractivity contribution >= 4 is 5.91 Å². The van der Waals surface area contributed by atoms with E-state index in [9.17, 15) is 4.79 Å². The fraction of sp³-hybridized carbons (Fsp3) is 0.200. The van der Waals surface area contributed by atoms with Crippen LogP contribution in [0.1, 0.15) is 10.4 Å². The van der Waals surface area contributed by atoms with Crippen molar-refractivity contribution < 1.29 is 4.79 Å². The number of carbonyl (C=O) groups is 1. The average Bonchev–Trinajstić information content (AvgIpc) is 2.81. The van der Waals surface area contributed by atoms with E-state index < -0.39 is 0 Å². The number of hydrogen-bond donors (Lipinski definition) is 0. The number of aromatic nitrogens is 2. The van der Waals surface area contributed by atoms with Gasteiger partial charge in [0.25, 0.3) is 5.91 Å². The van der Waals surface area contributed by atoms with Crippen LogP contribution in [0, 0.1) is 12.3 Å². The summed E-state index contributed by atoms with van der Waals surface area (Å²) < 4.78 is 1.64. The number of aryl methyl sites for hydroxylation is 1. The molecule has 0 unspecified atom stereocenters. The number of carbonyl (C=O) groups excluding carboxylic acids is 1. The highest BCUT2D eigenvalue weighted by Gasteiger charge is 2.19. The molecule has 0 radical (unpaired) electrons. The molecule has 1 aromatic carbocycles. The predicted octanol–water partition coefficient (Wildman–Crippen LogP) is 1.79. The highest BCUT2D eigenvalue weighted by molar-refractivity contribution is 5.99. The molecule has 0 aliphatic heterocycles. The van der Waals surface area contributed by atoms with E-state index in [-0.39, 0.29) is 12.5 Å². The average molecular weight is 253 g/mol. The lowest BCUT2D eigenvalue weighted by atomic mass is 10.1. The fourth-order valence-corrected chi connectivity index (χ4v) is 1.87. The Morgan fingerprint density at radius 2 is 2.11 bits per heavy atom. The van der Waals surface area contributed by atoms with Crippen molar-refractivity contribution in [1.29, 1.82) is 0 Å². The van der Waals surface area contributed by atoms with E-state index in [0.29, 0.717) is 11.3 Å². The molecule has 96 valence electrons. The normalized spacial score (nSPS) is 9.95. The highest BCUT2D eigenvalue weighted by Crippen LogP contribution is 2.22. The third-order valence-electron chi connectivity index (χ3n) is 2.78. The summed E-state index contributed by atoms with van der Waals surface area (Å²) in [4.78, 5) is 13.8. The monoisotopic (exact) mass is 253 g/mol. The van der Waals surface area contributed by atoms with Crippen LogP contribution in [0.4, 0.5) is 0 Å². The molecule has 0 atom stereocenters. The molecule has 1 heterocycles. The number of benzene rings is 1.